The van der Waals surface area contributed by atoms with Gasteiger partial charge in [-0.05, 0) is 37.3 Å². The minimum absolute atomic E-state index is 0.0677. The van der Waals surface area contributed by atoms with Gasteiger partial charge in [-0.2, -0.15) is 0 Å². The zero-order chi connectivity index (χ0) is 15.6. The predicted octanol–water partition coefficient (Wildman–Crippen LogP) is 3.48. The molecule has 110 valence electrons. The minimum atomic E-state index is -3.94. The van der Waals surface area contributed by atoms with Crippen molar-refractivity contribution in [3.05, 3.63) is 58.9 Å². The fraction of sp³-hybridized carbons (Fsp3) is 0.0714. The first kappa shape index (κ1) is 15.5. The lowest BCUT2D eigenvalue weighted by molar-refractivity contribution is 0.101. The quantitative estimate of drug-likeness (QED) is 0.874. The molecule has 0 saturated carbocycles. The van der Waals surface area contributed by atoms with Crippen molar-refractivity contribution >= 4 is 33.1 Å². The molecule has 0 bridgehead atoms. The highest BCUT2D eigenvalue weighted by molar-refractivity contribution is 7.92. The Labute approximate surface area is 126 Å². The summed E-state index contributed by atoms with van der Waals surface area (Å²) in [6, 6.07) is 8.99. The number of halogens is 2. The monoisotopic (exact) mass is 327 g/mol. The van der Waals surface area contributed by atoms with Crippen LogP contribution in [0, 0.1) is 5.82 Å². The number of carbonyl (C=O) groups is 1. The molecule has 0 spiro atoms. The Kier molecular flexibility index (Phi) is 4.29. The summed E-state index contributed by atoms with van der Waals surface area (Å²) in [7, 11) is -3.94. The van der Waals surface area contributed by atoms with Gasteiger partial charge in [0.15, 0.2) is 5.78 Å². The van der Waals surface area contributed by atoms with Crippen LogP contribution in [0.2, 0.25) is 5.02 Å². The molecule has 0 heterocycles. The molecular formula is C14H11ClFNO3S. The highest BCUT2D eigenvalue weighted by Gasteiger charge is 2.16. The largest absolute Gasteiger partial charge is 0.295 e. The molecule has 2 rings (SSSR count). The van der Waals surface area contributed by atoms with Crippen LogP contribution in [0.4, 0.5) is 10.1 Å². The Balaban J connectivity index is 2.31. The van der Waals surface area contributed by atoms with Gasteiger partial charge in [0.25, 0.3) is 10.0 Å². The maximum Gasteiger partial charge on any atom is 0.261 e. The average Bonchev–Trinajstić information content (AvgIpc) is 2.42. The molecule has 2 aromatic carbocycles. The SMILES string of the molecule is CC(=O)c1ccc(S(=O)(=O)Nc2ccc(Cl)cc2F)cc1. The maximum atomic E-state index is 13.6. The molecule has 2 aromatic rings. The number of Topliss-reactive ketones (excluding diaryl/α,β-unsaturated/α-hetero) is 1. The van der Waals surface area contributed by atoms with Crippen LogP contribution in [0.15, 0.2) is 47.4 Å². The van der Waals surface area contributed by atoms with Crippen molar-refractivity contribution in [1.29, 1.82) is 0 Å². The second-order valence-corrected chi connectivity index (χ2v) is 6.43. The molecule has 0 fully saturated rings. The summed E-state index contributed by atoms with van der Waals surface area (Å²) in [6.07, 6.45) is 0. The van der Waals surface area contributed by atoms with Crippen LogP contribution >= 0.6 is 11.6 Å². The van der Waals surface area contributed by atoms with Gasteiger partial charge in [-0.15, -0.1) is 0 Å². The van der Waals surface area contributed by atoms with Crippen molar-refractivity contribution in [3.63, 3.8) is 0 Å². The van der Waals surface area contributed by atoms with Gasteiger partial charge < -0.3 is 0 Å². The second kappa shape index (κ2) is 5.83. The Bertz CT molecular complexity index is 788. The van der Waals surface area contributed by atoms with E-state index in [9.17, 15) is 17.6 Å². The first-order chi connectivity index (χ1) is 9.79. The van der Waals surface area contributed by atoms with Crippen molar-refractivity contribution < 1.29 is 17.6 Å². The van der Waals surface area contributed by atoms with Gasteiger partial charge in [-0.25, -0.2) is 12.8 Å². The Morgan fingerprint density at radius 2 is 1.76 bits per heavy atom. The van der Waals surface area contributed by atoms with Crippen LogP contribution in [-0.2, 0) is 10.0 Å². The normalized spacial score (nSPS) is 11.2. The molecule has 21 heavy (non-hydrogen) atoms. The number of hydrogen-bond acceptors (Lipinski definition) is 3. The molecule has 0 aliphatic rings. The van der Waals surface area contributed by atoms with E-state index in [1.165, 1.54) is 43.3 Å². The molecule has 0 saturated heterocycles. The van der Waals surface area contributed by atoms with E-state index in [-0.39, 0.29) is 21.4 Å². The third-order valence-electron chi connectivity index (χ3n) is 2.75. The van der Waals surface area contributed by atoms with E-state index in [2.05, 4.69) is 4.72 Å². The van der Waals surface area contributed by atoms with Crippen LogP contribution in [0.1, 0.15) is 17.3 Å². The topological polar surface area (TPSA) is 63.2 Å². The Hall–Kier alpha value is -1.92. The van der Waals surface area contributed by atoms with E-state index in [4.69, 9.17) is 11.6 Å². The number of nitrogens with one attached hydrogen (secondary N) is 1. The Morgan fingerprint density at radius 3 is 2.29 bits per heavy atom. The zero-order valence-corrected chi connectivity index (χ0v) is 12.5. The van der Waals surface area contributed by atoms with E-state index >= 15 is 0 Å². The molecule has 0 aromatic heterocycles. The van der Waals surface area contributed by atoms with Gasteiger partial charge in [-0.3, -0.25) is 9.52 Å². The molecule has 0 atom stereocenters. The number of hydrogen-bond donors (Lipinski definition) is 1. The van der Waals surface area contributed by atoms with Crippen LogP contribution in [-0.4, -0.2) is 14.2 Å². The number of rotatable bonds is 4. The maximum absolute atomic E-state index is 13.6. The van der Waals surface area contributed by atoms with Crippen LogP contribution in [0.3, 0.4) is 0 Å². The lowest BCUT2D eigenvalue weighted by Gasteiger charge is -2.09. The predicted molar refractivity (Wildman–Crippen MR) is 78.7 cm³/mol. The molecule has 1 N–H and O–H groups in total. The first-order valence-electron chi connectivity index (χ1n) is 5.88. The summed E-state index contributed by atoms with van der Waals surface area (Å²) in [4.78, 5) is 11.1. The van der Waals surface area contributed by atoms with Gasteiger partial charge in [0.1, 0.15) is 5.82 Å². The third kappa shape index (κ3) is 3.59. The highest BCUT2D eigenvalue weighted by Crippen LogP contribution is 2.22. The summed E-state index contributed by atoms with van der Waals surface area (Å²) in [6.45, 7) is 1.38. The fourth-order valence-electron chi connectivity index (χ4n) is 1.64. The van der Waals surface area contributed by atoms with Gasteiger partial charge in [0.05, 0.1) is 10.6 Å². The number of anilines is 1. The van der Waals surface area contributed by atoms with E-state index in [1.54, 1.807) is 0 Å². The molecular weight excluding hydrogens is 317 g/mol. The summed E-state index contributed by atoms with van der Waals surface area (Å²) in [5.41, 5.74) is 0.196. The summed E-state index contributed by atoms with van der Waals surface area (Å²) in [5.74, 6) is -0.943. The van der Waals surface area contributed by atoms with E-state index in [1.807, 2.05) is 0 Å². The molecule has 0 aliphatic carbocycles. The Morgan fingerprint density at radius 1 is 1.14 bits per heavy atom. The summed E-state index contributed by atoms with van der Waals surface area (Å²) >= 11 is 5.60. The first-order valence-corrected chi connectivity index (χ1v) is 7.74. The number of ketones is 1. The van der Waals surface area contributed by atoms with Crippen LogP contribution in [0.5, 0.6) is 0 Å². The van der Waals surface area contributed by atoms with Gasteiger partial charge in [-0.1, -0.05) is 23.7 Å². The lowest BCUT2D eigenvalue weighted by Crippen LogP contribution is -2.14. The van der Waals surface area contributed by atoms with E-state index in [0.29, 0.717) is 5.56 Å². The summed E-state index contributed by atoms with van der Waals surface area (Å²) < 4.78 is 40.0. The molecule has 0 aliphatic heterocycles. The van der Waals surface area contributed by atoms with E-state index < -0.39 is 15.8 Å². The number of sulfonamides is 1. The van der Waals surface area contributed by atoms with Crippen molar-refractivity contribution in [3.8, 4) is 0 Å². The summed E-state index contributed by atoms with van der Waals surface area (Å²) in [5, 5.41) is 0.168. The van der Waals surface area contributed by atoms with Crippen molar-refractivity contribution in [2.75, 3.05) is 4.72 Å². The minimum Gasteiger partial charge on any atom is -0.295 e. The fourth-order valence-corrected chi connectivity index (χ4v) is 2.87. The molecule has 0 radical (unpaired) electrons. The molecule has 7 heteroatoms. The zero-order valence-electron chi connectivity index (χ0n) is 10.9. The molecule has 0 amide bonds. The standard InChI is InChI=1S/C14H11ClFNO3S/c1-9(18)10-2-5-12(6-3-10)21(19,20)17-14-7-4-11(15)8-13(14)16/h2-8,17H,1H3. The third-order valence-corrected chi connectivity index (χ3v) is 4.36. The van der Waals surface area contributed by atoms with E-state index in [0.717, 1.165) is 6.07 Å². The molecule has 4 nitrogen and oxygen atoms in total. The van der Waals surface area contributed by atoms with Crippen LogP contribution in [0.25, 0.3) is 0 Å². The highest BCUT2D eigenvalue weighted by atomic mass is 35.5. The number of benzene rings is 2. The average molecular weight is 328 g/mol. The van der Waals surface area contributed by atoms with Crippen molar-refractivity contribution in [2.24, 2.45) is 0 Å². The van der Waals surface area contributed by atoms with Gasteiger partial charge in [0.2, 0.25) is 0 Å². The van der Waals surface area contributed by atoms with Crippen molar-refractivity contribution in [1.82, 2.24) is 0 Å². The van der Waals surface area contributed by atoms with Crippen LogP contribution < -0.4 is 4.72 Å². The second-order valence-electron chi connectivity index (χ2n) is 4.31. The number of carbonyl (C=O) groups excluding carboxylic acids is 1. The van der Waals surface area contributed by atoms with Crippen molar-refractivity contribution in [2.45, 2.75) is 11.8 Å². The lowest BCUT2D eigenvalue weighted by atomic mass is 10.2. The smallest absolute Gasteiger partial charge is 0.261 e. The van der Waals surface area contributed by atoms with Gasteiger partial charge in [0, 0.05) is 10.6 Å². The van der Waals surface area contributed by atoms with Gasteiger partial charge >= 0.3 is 0 Å². The molecule has 0 unspecified atom stereocenters.